The van der Waals surface area contributed by atoms with Crippen LogP contribution in [0.15, 0.2) is 9.98 Å². The third-order valence-corrected chi connectivity index (χ3v) is 19.9. The lowest BCUT2D eigenvalue weighted by atomic mass is 9.71. The lowest BCUT2D eigenvalue weighted by molar-refractivity contribution is -0.314. The van der Waals surface area contributed by atoms with E-state index in [4.69, 9.17) is 19.5 Å². The predicted octanol–water partition coefficient (Wildman–Crippen LogP) is 15.2. The van der Waals surface area contributed by atoms with E-state index in [-0.39, 0.29) is 63.2 Å². The number of rotatable bonds is 30. The van der Waals surface area contributed by atoms with E-state index in [1.807, 2.05) is 0 Å². The first-order chi connectivity index (χ1) is 41.4. The average molecular weight is 1210 g/mol. The standard InChI is InChI=1S/C67H115N15O5/c1-62(2)41-49(42-63(3,4)80(62)85-52-31-17-13-18-32-52)29-24-27-39-69-57-74-56(75-59(76-57)71-47-83)68-38-26-16-23-37-55(51-45-66(9,10)82(67(11,12)46-51)87-54-35-21-15-22-36-54)73-61-78-58(77-60(79-61)72-48-84)70-40-28-25-30-50-43-64(5,6)81(65(7,8)44-50)86-53-33-19-14-20-34-53/h49-55H,13-46H2,1-12H3,(H2,68,69,74,75,76)(H2,70,73,77,78,79). The number of nitrogens with zero attached hydrogens (tertiary/aromatic N) is 11. The summed E-state index contributed by atoms with van der Waals surface area (Å²) in [6.45, 7) is 30.1. The normalized spacial score (nSPS) is 23.7. The minimum atomic E-state index is -0.237. The Hall–Kier alpha value is -4.26. The quantitative estimate of drug-likeness (QED) is 0.0324. The maximum atomic E-state index is 11.7. The van der Waals surface area contributed by atoms with Crippen LogP contribution in [-0.4, -0.2) is 134 Å². The zero-order valence-electron chi connectivity index (χ0n) is 56.0. The van der Waals surface area contributed by atoms with E-state index in [9.17, 15) is 9.59 Å². The molecule has 0 spiro atoms. The topological polar surface area (TPSA) is 222 Å². The highest BCUT2D eigenvalue weighted by molar-refractivity contribution is 5.47. The van der Waals surface area contributed by atoms with Crippen molar-refractivity contribution in [2.24, 2.45) is 27.7 Å². The predicted molar refractivity (Wildman–Crippen MR) is 346 cm³/mol. The second-order valence-corrected chi connectivity index (χ2v) is 30.9. The van der Waals surface area contributed by atoms with Crippen LogP contribution in [0, 0.1) is 17.8 Å². The Bertz CT molecular complexity index is 2500. The minimum Gasteiger partial charge on any atom is -0.354 e. The molecule has 20 heteroatoms. The van der Waals surface area contributed by atoms with Gasteiger partial charge in [-0.15, -0.1) is 9.98 Å². The fourth-order valence-electron chi connectivity index (χ4n) is 17.0. The summed E-state index contributed by atoms with van der Waals surface area (Å²) in [5, 5.41) is 21.1. The number of unbranched alkanes of at least 4 members (excludes halogenated alkanes) is 4. The summed E-state index contributed by atoms with van der Waals surface area (Å²) < 4.78 is 0. The summed E-state index contributed by atoms with van der Waals surface area (Å²) in [4.78, 5) is 78.9. The van der Waals surface area contributed by atoms with Gasteiger partial charge in [0.05, 0.1) is 18.3 Å². The van der Waals surface area contributed by atoms with E-state index >= 15 is 0 Å². The van der Waals surface area contributed by atoms with Crippen molar-refractivity contribution in [3.05, 3.63) is 0 Å². The Kier molecular flexibility index (Phi) is 24.6. The van der Waals surface area contributed by atoms with Crippen LogP contribution in [0.4, 0.5) is 35.7 Å². The molecular weight excluding hydrogens is 1090 g/mol. The van der Waals surface area contributed by atoms with Gasteiger partial charge in [-0.3, -0.25) is 14.5 Å². The number of hydrogen-bond donors (Lipinski definition) is 4. The smallest absolute Gasteiger partial charge is 0.267 e. The number of nitrogens with one attached hydrogen (secondary N) is 4. The highest BCUT2D eigenvalue weighted by atomic mass is 16.7. The van der Waals surface area contributed by atoms with E-state index < -0.39 is 0 Å². The van der Waals surface area contributed by atoms with Crippen LogP contribution in [0.5, 0.6) is 0 Å². The highest BCUT2D eigenvalue weighted by Crippen LogP contribution is 2.48. The molecule has 0 amide bonds. The molecule has 8 rings (SSSR count). The van der Waals surface area contributed by atoms with Gasteiger partial charge in [-0.25, -0.2) is 9.59 Å². The van der Waals surface area contributed by atoms with E-state index in [0.717, 1.165) is 128 Å². The number of aromatic nitrogens is 6. The van der Waals surface area contributed by atoms with Crippen molar-refractivity contribution < 1.29 is 24.1 Å². The number of aliphatic imine (C=N–C) groups is 2. The molecule has 6 fully saturated rings. The Morgan fingerprint density at radius 3 is 1.10 bits per heavy atom. The van der Waals surface area contributed by atoms with Gasteiger partial charge in [-0.05, 0) is 204 Å². The SMILES string of the molecule is CC1(C)CC(CCCCNc2nc(N=C=O)nc(NCCCCCC(Nc3nc(N=C=O)nc(NCCCCC4CC(C)(C)N(OC5CCCCC5)C(C)(C)C4)n3)C3CC(C)(C)N(OC4CCCCC4)C(C)(C)C3)n2)CC(C)(C)N1OC1CCCCC1. The van der Waals surface area contributed by atoms with Crippen molar-refractivity contribution in [1.29, 1.82) is 0 Å². The zero-order valence-corrected chi connectivity index (χ0v) is 56.0. The molecule has 1 unspecified atom stereocenters. The second kappa shape index (κ2) is 31.2. The third kappa shape index (κ3) is 20.1. The molecule has 0 bridgehead atoms. The first kappa shape index (κ1) is 68.6. The summed E-state index contributed by atoms with van der Waals surface area (Å²) in [6, 6.07) is 0.00262. The van der Waals surface area contributed by atoms with E-state index in [0.29, 0.717) is 67.5 Å². The van der Waals surface area contributed by atoms with E-state index in [1.165, 1.54) is 70.6 Å². The lowest BCUT2D eigenvalue weighted by Crippen LogP contribution is -2.63. The Morgan fingerprint density at radius 1 is 0.425 bits per heavy atom. The molecule has 5 heterocycles. The van der Waals surface area contributed by atoms with Gasteiger partial charge < -0.3 is 21.3 Å². The third-order valence-electron chi connectivity index (χ3n) is 19.9. The molecule has 1 atom stereocenters. The average Bonchev–Trinajstić information content (AvgIpc) is 3.66. The molecule has 0 aromatic carbocycles. The Morgan fingerprint density at radius 2 is 0.747 bits per heavy atom. The van der Waals surface area contributed by atoms with Gasteiger partial charge >= 0.3 is 0 Å². The molecule has 2 aromatic heterocycles. The second-order valence-electron chi connectivity index (χ2n) is 30.9. The van der Waals surface area contributed by atoms with Gasteiger partial charge in [0.15, 0.2) is 0 Å². The zero-order chi connectivity index (χ0) is 62.3. The largest absolute Gasteiger partial charge is 0.354 e. The van der Waals surface area contributed by atoms with Crippen LogP contribution < -0.4 is 21.3 Å². The first-order valence-corrected chi connectivity index (χ1v) is 34.5. The van der Waals surface area contributed by atoms with Gasteiger partial charge in [-0.1, -0.05) is 96.3 Å². The van der Waals surface area contributed by atoms with Gasteiger partial charge in [0.1, 0.15) is 0 Å². The van der Waals surface area contributed by atoms with Crippen molar-refractivity contribution in [2.45, 2.75) is 340 Å². The molecule has 6 aliphatic rings. The Balaban J connectivity index is 0.843. The molecule has 3 saturated carbocycles. The summed E-state index contributed by atoms with van der Waals surface area (Å²) in [7, 11) is 0. The number of isocyanates is 2. The van der Waals surface area contributed by atoms with Crippen LogP contribution in [0.3, 0.4) is 0 Å². The summed E-state index contributed by atoms with van der Waals surface area (Å²) >= 11 is 0. The molecule has 3 aliphatic heterocycles. The molecule has 2 aromatic rings. The fourth-order valence-corrected chi connectivity index (χ4v) is 17.0. The first-order valence-electron chi connectivity index (χ1n) is 34.5. The minimum absolute atomic E-state index is 0.00262. The number of carbonyl (C=O) groups excluding carboxylic acids is 2. The van der Waals surface area contributed by atoms with Crippen molar-refractivity contribution in [3.8, 4) is 0 Å². The molecule has 488 valence electrons. The lowest BCUT2D eigenvalue weighted by Gasteiger charge is -2.56. The van der Waals surface area contributed by atoms with Crippen LogP contribution in [0.25, 0.3) is 0 Å². The van der Waals surface area contributed by atoms with Crippen LogP contribution in [0.1, 0.15) is 282 Å². The number of anilines is 4. The summed E-state index contributed by atoms with van der Waals surface area (Å²) in [6.07, 6.45) is 38.8. The molecule has 0 radical (unpaired) electrons. The van der Waals surface area contributed by atoms with Gasteiger partial charge in [0, 0.05) is 58.9 Å². The summed E-state index contributed by atoms with van der Waals surface area (Å²) in [5.74, 6) is 3.10. The molecule has 3 saturated heterocycles. The van der Waals surface area contributed by atoms with Gasteiger partial charge in [0.2, 0.25) is 36.0 Å². The van der Waals surface area contributed by atoms with E-state index in [2.05, 4.69) is 154 Å². The van der Waals surface area contributed by atoms with Crippen molar-refractivity contribution in [3.63, 3.8) is 0 Å². The van der Waals surface area contributed by atoms with Crippen molar-refractivity contribution >= 4 is 47.8 Å². The highest BCUT2D eigenvalue weighted by Gasteiger charge is 2.51. The van der Waals surface area contributed by atoms with Gasteiger partial charge in [-0.2, -0.15) is 45.1 Å². The number of hydroxylamine groups is 6. The summed E-state index contributed by atoms with van der Waals surface area (Å²) in [5.41, 5.74) is -0.602. The van der Waals surface area contributed by atoms with Crippen LogP contribution in [0.2, 0.25) is 0 Å². The van der Waals surface area contributed by atoms with Crippen LogP contribution >= 0.6 is 0 Å². The monoisotopic (exact) mass is 1210 g/mol. The number of hydrogen-bond acceptors (Lipinski definition) is 20. The number of piperidine rings is 3. The molecular formula is C67H115N15O5. The maximum absolute atomic E-state index is 11.7. The molecule has 20 nitrogen and oxygen atoms in total. The van der Waals surface area contributed by atoms with Gasteiger partial charge in [0.25, 0.3) is 11.9 Å². The fraction of sp³-hybridized carbons (Fsp3) is 0.881. The molecule has 87 heavy (non-hydrogen) atoms. The maximum Gasteiger partial charge on any atom is 0.267 e. The Labute approximate surface area is 523 Å². The molecule has 4 N–H and O–H groups in total. The van der Waals surface area contributed by atoms with Crippen molar-refractivity contribution in [1.82, 2.24) is 45.1 Å². The molecule has 3 aliphatic carbocycles. The van der Waals surface area contributed by atoms with Crippen molar-refractivity contribution in [2.75, 3.05) is 40.9 Å². The van der Waals surface area contributed by atoms with Crippen LogP contribution in [-0.2, 0) is 24.1 Å². The van der Waals surface area contributed by atoms with E-state index in [1.54, 1.807) is 12.2 Å².